The summed E-state index contributed by atoms with van der Waals surface area (Å²) in [6.45, 7) is 4.10. The number of aromatic nitrogens is 1. The predicted molar refractivity (Wildman–Crippen MR) is 109 cm³/mol. The molecule has 0 atom stereocenters. The number of non-ortho nitro benzene ring substituents is 1. The molecule has 1 amide bonds. The minimum Gasteiger partial charge on any atom is -0.319 e. The zero-order valence-electron chi connectivity index (χ0n) is 14.8. The van der Waals surface area contributed by atoms with Crippen LogP contribution in [0, 0.1) is 24.0 Å². The van der Waals surface area contributed by atoms with E-state index in [2.05, 4.69) is 24.0 Å². The first-order valence-corrected chi connectivity index (χ1v) is 9.80. The molecule has 136 valence electrons. The molecule has 2 heterocycles. The van der Waals surface area contributed by atoms with E-state index in [4.69, 9.17) is 0 Å². The van der Waals surface area contributed by atoms with Gasteiger partial charge in [0.25, 0.3) is 11.6 Å². The van der Waals surface area contributed by atoms with Crippen LogP contribution in [0.2, 0.25) is 0 Å². The maximum atomic E-state index is 12.7. The molecule has 0 aliphatic heterocycles. The van der Waals surface area contributed by atoms with Crippen LogP contribution in [0.1, 0.15) is 20.8 Å². The van der Waals surface area contributed by atoms with Crippen LogP contribution in [0.4, 0.5) is 5.69 Å². The summed E-state index contributed by atoms with van der Waals surface area (Å²) in [5, 5.41) is 11.6. The fourth-order valence-corrected chi connectivity index (χ4v) is 5.06. The minimum atomic E-state index is -0.440. The molecule has 2 aromatic carbocycles. The molecule has 0 spiro atoms. The number of fused-ring (bicyclic) bond motifs is 2. The molecule has 0 bridgehead atoms. The third kappa shape index (κ3) is 3.07. The number of nitrogens with zero attached hydrogens (tertiary/aromatic N) is 3. The van der Waals surface area contributed by atoms with E-state index in [1.54, 1.807) is 12.1 Å². The molecule has 0 fully saturated rings. The number of thiophene rings is 1. The van der Waals surface area contributed by atoms with Crippen LogP contribution in [0.15, 0.2) is 41.4 Å². The Morgan fingerprint density at radius 2 is 1.93 bits per heavy atom. The van der Waals surface area contributed by atoms with E-state index in [0.29, 0.717) is 15.1 Å². The quantitative estimate of drug-likeness (QED) is 0.363. The maximum absolute atomic E-state index is 12.7. The summed E-state index contributed by atoms with van der Waals surface area (Å²) in [5.74, 6) is -0.338. The van der Waals surface area contributed by atoms with Gasteiger partial charge in [0.1, 0.15) is 0 Å². The van der Waals surface area contributed by atoms with Crippen LogP contribution in [-0.4, -0.2) is 15.4 Å². The highest BCUT2D eigenvalue weighted by Gasteiger charge is 2.14. The van der Waals surface area contributed by atoms with Crippen molar-refractivity contribution in [2.75, 3.05) is 0 Å². The second-order valence-corrected chi connectivity index (χ2v) is 8.44. The zero-order valence-corrected chi connectivity index (χ0v) is 16.5. The molecule has 8 heteroatoms. The van der Waals surface area contributed by atoms with Crippen molar-refractivity contribution < 1.29 is 9.72 Å². The number of carbonyl (C=O) groups is 1. The molecule has 0 aliphatic carbocycles. The van der Waals surface area contributed by atoms with E-state index in [1.807, 2.05) is 18.5 Å². The first-order valence-electron chi connectivity index (χ1n) is 8.17. The molecule has 4 aromatic rings. The number of benzene rings is 2. The number of carbonyl (C=O) groups excluding carboxylic acids is 1. The largest absolute Gasteiger partial charge is 0.319 e. The monoisotopic (exact) mass is 397 g/mol. The van der Waals surface area contributed by atoms with Crippen LogP contribution in [0.3, 0.4) is 0 Å². The van der Waals surface area contributed by atoms with Gasteiger partial charge in [0.2, 0.25) is 0 Å². The Morgan fingerprint density at radius 1 is 1.15 bits per heavy atom. The Labute approximate surface area is 162 Å². The van der Waals surface area contributed by atoms with Gasteiger partial charge in [-0.1, -0.05) is 17.4 Å². The fraction of sp³-hybridized carbons (Fsp3) is 0.158. The zero-order chi connectivity index (χ0) is 19.3. The number of hydrogen-bond donors (Lipinski definition) is 0. The van der Waals surface area contributed by atoms with Crippen molar-refractivity contribution in [3.05, 3.63) is 67.3 Å². The standard InChI is InChI=1S/C19H15N3O3S2/c1-10-6-11(2)17-14(7-10)21(3)19(27-17)20-18(23)16-9-12-8-13(22(24)25)4-5-15(12)26-16/h4-9H,1-3H3. The van der Waals surface area contributed by atoms with E-state index in [-0.39, 0.29) is 11.6 Å². The second kappa shape index (κ2) is 6.40. The van der Waals surface area contributed by atoms with Gasteiger partial charge in [-0.15, -0.1) is 11.3 Å². The van der Waals surface area contributed by atoms with Crippen molar-refractivity contribution in [3.63, 3.8) is 0 Å². The molecule has 0 radical (unpaired) electrons. The molecule has 0 unspecified atom stereocenters. The lowest BCUT2D eigenvalue weighted by atomic mass is 10.1. The van der Waals surface area contributed by atoms with Gasteiger partial charge in [-0.25, -0.2) is 0 Å². The van der Waals surface area contributed by atoms with Crippen molar-refractivity contribution in [2.24, 2.45) is 12.0 Å². The molecule has 0 saturated carbocycles. The SMILES string of the molecule is Cc1cc(C)c2sc(=NC(=O)c3cc4cc([N+](=O)[O-])ccc4s3)n(C)c2c1. The average molecular weight is 397 g/mol. The molecular weight excluding hydrogens is 382 g/mol. The van der Waals surface area contributed by atoms with Gasteiger partial charge >= 0.3 is 0 Å². The van der Waals surface area contributed by atoms with E-state index in [0.717, 1.165) is 26.0 Å². The Balaban J connectivity index is 1.80. The van der Waals surface area contributed by atoms with E-state index < -0.39 is 4.92 Å². The first kappa shape index (κ1) is 17.6. The average Bonchev–Trinajstić information content (AvgIpc) is 3.17. The van der Waals surface area contributed by atoms with Gasteiger partial charge in [-0.2, -0.15) is 4.99 Å². The highest BCUT2D eigenvalue weighted by Crippen LogP contribution is 2.29. The topological polar surface area (TPSA) is 77.5 Å². The highest BCUT2D eigenvalue weighted by atomic mass is 32.1. The van der Waals surface area contributed by atoms with Crippen molar-refractivity contribution in [2.45, 2.75) is 13.8 Å². The van der Waals surface area contributed by atoms with Gasteiger partial charge in [0.15, 0.2) is 4.80 Å². The Hall–Kier alpha value is -2.84. The second-order valence-electron chi connectivity index (χ2n) is 6.38. The van der Waals surface area contributed by atoms with Gasteiger partial charge in [0.05, 0.1) is 20.0 Å². The van der Waals surface area contributed by atoms with Gasteiger partial charge < -0.3 is 4.57 Å². The summed E-state index contributed by atoms with van der Waals surface area (Å²) in [6.07, 6.45) is 0. The number of nitro benzene ring substituents is 1. The van der Waals surface area contributed by atoms with E-state index in [1.165, 1.54) is 34.8 Å². The normalized spacial score (nSPS) is 12.2. The molecule has 2 aromatic heterocycles. The molecule has 0 N–H and O–H groups in total. The summed E-state index contributed by atoms with van der Waals surface area (Å²) in [6, 6.07) is 10.5. The van der Waals surface area contributed by atoms with Crippen molar-refractivity contribution in [1.29, 1.82) is 0 Å². The van der Waals surface area contributed by atoms with E-state index in [9.17, 15) is 14.9 Å². The third-order valence-corrected chi connectivity index (χ3v) is 6.75. The van der Waals surface area contributed by atoms with Gasteiger partial charge in [-0.3, -0.25) is 14.9 Å². The maximum Gasteiger partial charge on any atom is 0.289 e. The lowest BCUT2D eigenvalue weighted by Gasteiger charge is -2.00. The van der Waals surface area contributed by atoms with Crippen molar-refractivity contribution >= 4 is 54.6 Å². The lowest BCUT2D eigenvalue weighted by Crippen LogP contribution is -2.12. The Morgan fingerprint density at radius 3 is 2.67 bits per heavy atom. The number of nitro groups is 1. The number of rotatable bonds is 2. The van der Waals surface area contributed by atoms with Crippen LogP contribution in [0.25, 0.3) is 20.3 Å². The molecule has 6 nitrogen and oxygen atoms in total. The van der Waals surface area contributed by atoms with Gasteiger partial charge in [0, 0.05) is 29.3 Å². The highest BCUT2D eigenvalue weighted by molar-refractivity contribution is 7.21. The summed E-state index contributed by atoms with van der Waals surface area (Å²) in [7, 11) is 1.90. The van der Waals surface area contributed by atoms with Gasteiger partial charge in [-0.05, 0) is 43.2 Å². The number of amides is 1. The molecular formula is C19H15N3O3S2. The summed E-state index contributed by atoms with van der Waals surface area (Å²) >= 11 is 2.78. The Bertz CT molecular complexity index is 1310. The number of aryl methyl sites for hydroxylation is 3. The Kier molecular flexibility index (Phi) is 4.16. The molecule has 4 rings (SSSR count). The van der Waals surface area contributed by atoms with E-state index >= 15 is 0 Å². The smallest absolute Gasteiger partial charge is 0.289 e. The molecule has 0 aliphatic rings. The van der Waals surface area contributed by atoms with Crippen LogP contribution >= 0.6 is 22.7 Å². The third-order valence-electron chi connectivity index (χ3n) is 4.36. The molecule has 0 saturated heterocycles. The van der Waals surface area contributed by atoms with Crippen LogP contribution < -0.4 is 4.80 Å². The van der Waals surface area contributed by atoms with Crippen LogP contribution in [-0.2, 0) is 7.05 Å². The summed E-state index contributed by atoms with van der Waals surface area (Å²) in [4.78, 5) is 28.6. The minimum absolute atomic E-state index is 0.0120. The number of hydrogen-bond acceptors (Lipinski definition) is 5. The predicted octanol–water partition coefficient (Wildman–Crippen LogP) is 4.72. The fourth-order valence-electron chi connectivity index (χ4n) is 3.07. The van der Waals surface area contributed by atoms with Crippen LogP contribution in [0.5, 0.6) is 0 Å². The summed E-state index contributed by atoms with van der Waals surface area (Å²) in [5.41, 5.74) is 3.39. The molecule has 27 heavy (non-hydrogen) atoms. The van der Waals surface area contributed by atoms with Crippen molar-refractivity contribution in [1.82, 2.24) is 4.57 Å². The number of thiazole rings is 1. The first-order chi connectivity index (χ1) is 12.8. The lowest BCUT2D eigenvalue weighted by molar-refractivity contribution is -0.384. The summed E-state index contributed by atoms with van der Waals surface area (Å²) < 4.78 is 3.86. The van der Waals surface area contributed by atoms with Crippen molar-refractivity contribution in [3.8, 4) is 0 Å².